The second kappa shape index (κ2) is 33.3. The Bertz CT molecular complexity index is 471. The molecule has 228 valence electrons. The van der Waals surface area contributed by atoms with Crippen molar-refractivity contribution in [2.75, 3.05) is 0 Å². The summed E-state index contributed by atoms with van der Waals surface area (Å²) in [5.74, 6) is 0. The number of rotatable bonds is 10. The van der Waals surface area contributed by atoms with E-state index < -0.39 is 26.9 Å². The van der Waals surface area contributed by atoms with Crippen LogP contribution < -0.4 is 0 Å². The van der Waals surface area contributed by atoms with Crippen molar-refractivity contribution in [1.82, 2.24) is 0 Å². The standard InChI is InChI=1S/2C8H18.4H3O3PS/c2*1-3-5-7-8-6-4-2;4*1-4(2,3)5/h2*3-8H2,1-2H3;4*(H3,1,2,3,5). The maximum atomic E-state index is 7.56. The molecule has 12 N–H and O–H groups in total. The molecule has 0 fully saturated rings. The minimum atomic E-state index is -3.81. The van der Waals surface area contributed by atoms with E-state index in [1.807, 2.05) is 0 Å². The molecule has 0 aliphatic rings. The molecule has 0 unspecified atom stereocenters. The van der Waals surface area contributed by atoms with Crippen molar-refractivity contribution < 1.29 is 58.7 Å². The van der Waals surface area contributed by atoms with Gasteiger partial charge >= 0.3 is 26.9 Å². The molecule has 0 aliphatic carbocycles. The molecular weight excluding hydrogens is 636 g/mol. The minimum Gasteiger partial charge on any atom is -0.325 e. The zero-order chi connectivity index (χ0) is 30.5. The molecule has 12 nitrogen and oxygen atoms in total. The Hall–Kier alpha value is 2.12. The van der Waals surface area contributed by atoms with Crippen molar-refractivity contribution in [1.29, 1.82) is 0 Å². The van der Waals surface area contributed by atoms with Crippen molar-refractivity contribution in [2.24, 2.45) is 0 Å². The number of hydrogen-bond donors (Lipinski definition) is 12. The molecule has 20 heteroatoms. The van der Waals surface area contributed by atoms with Crippen LogP contribution in [0.2, 0.25) is 0 Å². The van der Waals surface area contributed by atoms with Crippen molar-refractivity contribution in [2.45, 2.75) is 105 Å². The number of hydrogen-bond acceptors (Lipinski definition) is 4. The zero-order valence-electron chi connectivity index (χ0n) is 21.3. The van der Waals surface area contributed by atoms with Crippen LogP contribution in [0.5, 0.6) is 0 Å². The van der Waals surface area contributed by atoms with Crippen LogP contribution in [0, 0.1) is 0 Å². The second-order valence-corrected chi connectivity index (χ2v) is 16.9. The molecule has 0 saturated heterocycles. The van der Waals surface area contributed by atoms with Gasteiger partial charge in [-0.05, 0) is 47.2 Å². The molecule has 0 aliphatic heterocycles. The largest absolute Gasteiger partial charge is 0.325 e. The average Bonchev–Trinajstić information content (AvgIpc) is 2.58. The summed E-state index contributed by atoms with van der Waals surface area (Å²) in [6.45, 7) is -6.20. The molecule has 0 amide bonds. The van der Waals surface area contributed by atoms with Gasteiger partial charge in [-0.1, -0.05) is 105 Å². The van der Waals surface area contributed by atoms with Crippen LogP contribution in [-0.2, 0) is 47.2 Å². The summed E-state index contributed by atoms with van der Waals surface area (Å²) in [5, 5.41) is 0. The highest BCUT2D eigenvalue weighted by Gasteiger charge is 1.93. The zero-order valence-corrected chi connectivity index (χ0v) is 28.1. The normalized spacial score (nSPS) is 10.9. The average molecular weight is 685 g/mol. The molecule has 0 bridgehead atoms. The van der Waals surface area contributed by atoms with Gasteiger partial charge < -0.3 is 58.7 Å². The molecule has 0 spiro atoms. The third-order valence-electron chi connectivity index (χ3n) is 2.91. The molecule has 0 aromatic carbocycles. The van der Waals surface area contributed by atoms with Crippen LogP contribution in [0.1, 0.15) is 105 Å². The van der Waals surface area contributed by atoms with Gasteiger partial charge in [-0.3, -0.25) is 0 Å². The molecule has 0 saturated carbocycles. The first-order valence-electron chi connectivity index (χ1n) is 11.0. The number of unbranched alkanes of at least 4 members (excludes halogenated alkanes) is 10. The monoisotopic (exact) mass is 684 g/mol. The van der Waals surface area contributed by atoms with Gasteiger partial charge in [-0.2, -0.15) is 0 Å². The van der Waals surface area contributed by atoms with Gasteiger partial charge in [0.1, 0.15) is 0 Å². The van der Waals surface area contributed by atoms with Crippen molar-refractivity contribution in [3.63, 3.8) is 0 Å². The lowest BCUT2D eigenvalue weighted by Gasteiger charge is -1.93. The Balaban J connectivity index is -0.0000000762. The second-order valence-electron chi connectivity index (χ2n) is 6.88. The van der Waals surface area contributed by atoms with Gasteiger partial charge in [-0.25, -0.2) is 0 Å². The van der Waals surface area contributed by atoms with Gasteiger partial charge in [0.2, 0.25) is 0 Å². The van der Waals surface area contributed by atoms with Crippen molar-refractivity contribution in [3.8, 4) is 0 Å². The van der Waals surface area contributed by atoms with Crippen LogP contribution >= 0.6 is 26.9 Å². The van der Waals surface area contributed by atoms with E-state index in [1.54, 1.807) is 0 Å². The summed E-state index contributed by atoms with van der Waals surface area (Å²) >= 11 is 14.4. The molecule has 0 atom stereocenters. The van der Waals surface area contributed by atoms with E-state index in [2.05, 4.69) is 74.9 Å². The van der Waals surface area contributed by atoms with E-state index in [-0.39, 0.29) is 0 Å². The summed E-state index contributed by atoms with van der Waals surface area (Å²) in [6, 6.07) is 0. The SMILES string of the molecule is CCCCCCCC.CCCCCCCC.OP(O)(O)=S.OP(O)(O)=S.OP(O)(O)=S.OP(O)(O)=S. The summed E-state index contributed by atoms with van der Waals surface area (Å²) < 4.78 is 0. The fraction of sp³-hybridized carbons (Fsp3) is 1.00. The quantitative estimate of drug-likeness (QED) is 0.116. The summed E-state index contributed by atoms with van der Waals surface area (Å²) in [7, 11) is 0. The fourth-order valence-corrected chi connectivity index (χ4v) is 1.71. The van der Waals surface area contributed by atoms with Crippen molar-refractivity contribution >= 4 is 74.1 Å². The van der Waals surface area contributed by atoms with Gasteiger partial charge in [-0.15, -0.1) is 0 Å². The first-order valence-corrected chi connectivity index (χ1v) is 21.6. The third kappa shape index (κ3) is 303. The Morgan fingerprint density at radius 2 is 0.389 bits per heavy atom. The molecule has 36 heavy (non-hydrogen) atoms. The highest BCUT2D eigenvalue weighted by atomic mass is 32.5. The van der Waals surface area contributed by atoms with Crippen molar-refractivity contribution in [3.05, 3.63) is 0 Å². The van der Waals surface area contributed by atoms with E-state index in [4.69, 9.17) is 58.7 Å². The lowest BCUT2D eigenvalue weighted by atomic mass is 10.1. The summed E-state index contributed by atoms with van der Waals surface area (Å²) in [6.07, 6.45) is 17.0. The highest BCUT2D eigenvalue weighted by Crippen LogP contribution is 2.27. The first-order chi connectivity index (χ1) is 15.8. The van der Waals surface area contributed by atoms with E-state index in [0.29, 0.717) is 0 Å². The first kappa shape index (κ1) is 50.9. The highest BCUT2D eigenvalue weighted by molar-refractivity contribution is 8.07. The van der Waals surface area contributed by atoms with E-state index in [0.717, 1.165) is 0 Å². The third-order valence-corrected chi connectivity index (χ3v) is 2.91. The van der Waals surface area contributed by atoms with Gasteiger partial charge in [0, 0.05) is 0 Å². The van der Waals surface area contributed by atoms with E-state index in [9.17, 15) is 0 Å². The lowest BCUT2D eigenvalue weighted by molar-refractivity contribution is 0.361. The van der Waals surface area contributed by atoms with E-state index in [1.165, 1.54) is 77.0 Å². The Morgan fingerprint density at radius 1 is 0.306 bits per heavy atom. The van der Waals surface area contributed by atoms with Crippen LogP contribution in [0.15, 0.2) is 0 Å². The molecule has 0 aromatic heterocycles. The molecule has 0 aromatic rings. The van der Waals surface area contributed by atoms with E-state index >= 15 is 0 Å². The lowest BCUT2D eigenvalue weighted by Crippen LogP contribution is -1.73. The smallest absolute Gasteiger partial charge is 0.319 e. The maximum Gasteiger partial charge on any atom is 0.319 e. The van der Waals surface area contributed by atoms with Crippen LogP contribution in [0.4, 0.5) is 0 Å². The Kier molecular flexibility index (Phi) is 47.1. The Labute approximate surface area is 236 Å². The molecular formula is C16H48O12P4S4. The van der Waals surface area contributed by atoms with Crippen LogP contribution in [-0.4, -0.2) is 58.7 Å². The Morgan fingerprint density at radius 3 is 0.444 bits per heavy atom. The predicted octanol–water partition coefficient (Wildman–Crippen LogP) is 3.48. The van der Waals surface area contributed by atoms with Crippen LogP contribution in [0.25, 0.3) is 0 Å². The predicted molar refractivity (Wildman–Crippen MR) is 162 cm³/mol. The maximum absolute atomic E-state index is 7.56. The minimum absolute atomic E-state index is 1.36. The molecule has 0 rings (SSSR count). The van der Waals surface area contributed by atoms with Gasteiger partial charge in [0.25, 0.3) is 0 Å². The van der Waals surface area contributed by atoms with Gasteiger partial charge in [0.05, 0.1) is 0 Å². The molecule has 0 radical (unpaired) electrons. The van der Waals surface area contributed by atoms with Crippen LogP contribution in [0.3, 0.4) is 0 Å². The molecule has 0 heterocycles. The summed E-state index contributed by atoms with van der Waals surface area (Å²) in [4.78, 5) is 90.7. The topological polar surface area (TPSA) is 243 Å². The van der Waals surface area contributed by atoms with Gasteiger partial charge in [0.15, 0.2) is 0 Å². The fourth-order valence-electron chi connectivity index (χ4n) is 1.71. The summed E-state index contributed by atoms with van der Waals surface area (Å²) in [5.41, 5.74) is 0.